The molecule has 1 fully saturated rings. The van der Waals surface area contributed by atoms with Crippen LogP contribution in [0.2, 0.25) is 0 Å². The van der Waals surface area contributed by atoms with E-state index in [1.54, 1.807) is 0 Å². The third-order valence-electron chi connectivity index (χ3n) is 3.37. The van der Waals surface area contributed by atoms with E-state index in [-0.39, 0.29) is 0 Å². The Morgan fingerprint density at radius 2 is 2.00 bits per heavy atom. The number of ether oxygens (including phenoxy) is 1. The smallest absolute Gasteiger partial charge is 0.0966 e. The Kier molecular flexibility index (Phi) is 5.49. The summed E-state index contributed by atoms with van der Waals surface area (Å²) < 4.78 is 5.73. The zero-order chi connectivity index (χ0) is 10.4. The summed E-state index contributed by atoms with van der Waals surface area (Å²) >= 11 is 0. The molecule has 1 rings (SSSR count). The minimum Gasteiger partial charge on any atom is -0.363 e. The lowest BCUT2D eigenvalue weighted by Crippen LogP contribution is -2.20. The molecule has 0 aromatic carbocycles. The van der Waals surface area contributed by atoms with Crippen LogP contribution in [-0.4, -0.2) is 19.9 Å². The molecule has 2 nitrogen and oxygen atoms in total. The summed E-state index contributed by atoms with van der Waals surface area (Å²) in [7, 11) is 1.94. The standard InChI is InChI=1S/C12H25NO/c1-10(2)11-5-4-6-12(8-7-11)14-9-13-3/h10-13H,4-9H2,1-3H3. The minimum atomic E-state index is 0.506. The van der Waals surface area contributed by atoms with Crippen molar-refractivity contribution in [3.8, 4) is 0 Å². The Labute approximate surface area is 88.4 Å². The molecule has 0 bridgehead atoms. The number of rotatable bonds is 4. The van der Waals surface area contributed by atoms with Crippen molar-refractivity contribution in [3.63, 3.8) is 0 Å². The topological polar surface area (TPSA) is 21.3 Å². The van der Waals surface area contributed by atoms with Gasteiger partial charge < -0.3 is 4.74 Å². The van der Waals surface area contributed by atoms with Crippen molar-refractivity contribution in [2.75, 3.05) is 13.8 Å². The molecule has 0 aromatic rings. The van der Waals surface area contributed by atoms with E-state index in [4.69, 9.17) is 4.74 Å². The van der Waals surface area contributed by atoms with E-state index in [1.807, 2.05) is 7.05 Å². The van der Waals surface area contributed by atoms with Gasteiger partial charge in [-0.15, -0.1) is 0 Å². The van der Waals surface area contributed by atoms with Crippen LogP contribution >= 0.6 is 0 Å². The number of hydrogen-bond donors (Lipinski definition) is 1. The molecule has 2 heteroatoms. The van der Waals surface area contributed by atoms with Crippen LogP contribution in [0.1, 0.15) is 46.0 Å². The third-order valence-corrected chi connectivity index (χ3v) is 3.37. The first-order chi connectivity index (χ1) is 6.74. The van der Waals surface area contributed by atoms with Gasteiger partial charge >= 0.3 is 0 Å². The highest BCUT2D eigenvalue weighted by atomic mass is 16.5. The van der Waals surface area contributed by atoms with Crippen molar-refractivity contribution >= 4 is 0 Å². The molecule has 0 aliphatic heterocycles. The Morgan fingerprint density at radius 3 is 2.64 bits per heavy atom. The van der Waals surface area contributed by atoms with E-state index in [0.29, 0.717) is 12.8 Å². The second-order valence-corrected chi connectivity index (χ2v) is 4.80. The van der Waals surface area contributed by atoms with Gasteiger partial charge in [-0.3, -0.25) is 5.32 Å². The van der Waals surface area contributed by atoms with Gasteiger partial charge in [-0.1, -0.05) is 26.7 Å². The van der Waals surface area contributed by atoms with E-state index in [9.17, 15) is 0 Å². The molecular weight excluding hydrogens is 174 g/mol. The van der Waals surface area contributed by atoms with Crippen molar-refractivity contribution in [2.24, 2.45) is 11.8 Å². The maximum Gasteiger partial charge on any atom is 0.0966 e. The molecule has 14 heavy (non-hydrogen) atoms. The van der Waals surface area contributed by atoms with E-state index in [2.05, 4.69) is 19.2 Å². The van der Waals surface area contributed by atoms with Crippen molar-refractivity contribution in [1.82, 2.24) is 5.32 Å². The van der Waals surface area contributed by atoms with Crippen LogP contribution in [-0.2, 0) is 4.74 Å². The lowest BCUT2D eigenvalue weighted by atomic mass is 9.89. The van der Waals surface area contributed by atoms with Crippen LogP contribution in [0, 0.1) is 11.8 Å². The van der Waals surface area contributed by atoms with E-state index < -0.39 is 0 Å². The summed E-state index contributed by atoms with van der Waals surface area (Å²) in [4.78, 5) is 0. The molecule has 1 N–H and O–H groups in total. The molecule has 0 saturated heterocycles. The zero-order valence-corrected chi connectivity index (χ0v) is 9.88. The van der Waals surface area contributed by atoms with Gasteiger partial charge in [0.2, 0.25) is 0 Å². The number of nitrogens with one attached hydrogen (secondary N) is 1. The normalized spacial score (nSPS) is 29.1. The second kappa shape index (κ2) is 6.41. The van der Waals surface area contributed by atoms with Gasteiger partial charge in [0.15, 0.2) is 0 Å². The van der Waals surface area contributed by atoms with Gasteiger partial charge in [0.05, 0.1) is 12.8 Å². The first-order valence-corrected chi connectivity index (χ1v) is 6.00. The van der Waals surface area contributed by atoms with Crippen molar-refractivity contribution < 1.29 is 4.74 Å². The van der Waals surface area contributed by atoms with Gasteiger partial charge in [0.25, 0.3) is 0 Å². The second-order valence-electron chi connectivity index (χ2n) is 4.80. The lowest BCUT2D eigenvalue weighted by Gasteiger charge is -2.18. The molecule has 2 unspecified atom stereocenters. The highest BCUT2D eigenvalue weighted by Gasteiger charge is 2.20. The first kappa shape index (κ1) is 12.0. The molecule has 84 valence electrons. The molecule has 1 saturated carbocycles. The highest BCUT2D eigenvalue weighted by molar-refractivity contribution is 4.72. The minimum absolute atomic E-state index is 0.506. The van der Waals surface area contributed by atoms with Gasteiger partial charge in [-0.2, -0.15) is 0 Å². The van der Waals surface area contributed by atoms with Gasteiger partial charge in [-0.25, -0.2) is 0 Å². The average molecular weight is 199 g/mol. The Morgan fingerprint density at radius 1 is 1.21 bits per heavy atom. The number of hydrogen-bond acceptors (Lipinski definition) is 2. The highest BCUT2D eigenvalue weighted by Crippen LogP contribution is 2.29. The van der Waals surface area contributed by atoms with Crippen molar-refractivity contribution in [2.45, 2.75) is 52.1 Å². The predicted octanol–water partition coefficient (Wildman–Crippen LogP) is 2.78. The van der Waals surface area contributed by atoms with Gasteiger partial charge in [-0.05, 0) is 38.1 Å². The van der Waals surface area contributed by atoms with Crippen LogP contribution in [0.3, 0.4) is 0 Å². The predicted molar refractivity (Wildman–Crippen MR) is 60.2 cm³/mol. The Hall–Kier alpha value is -0.0800. The molecule has 0 aromatic heterocycles. The monoisotopic (exact) mass is 199 g/mol. The summed E-state index contributed by atoms with van der Waals surface area (Å²) in [5.74, 6) is 1.77. The van der Waals surface area contributed by atoms with Crippen LogP contribution in [0.4, 0.5) is 0 Å². The van der Waals surface area contributed by atoms with Crippen molar-refractivity contribution in [1.29, 1.82) is 0 Å². The fraction of sp³-hybridized carbons (Fsp3) is 1.00. The summed E-state index contributed by atoms with van der Waals surface area (Å²) in [5, 5.41) is 3.05. The molecule has 1 aliphatic carbocycles. The fourth-order valence-electron chi connectivity index (χ4n) is 2.33. The average Bonchev–Trinajstić information content (AvgIpc) is 2.39. The summed E-state index contributed by atoms with van der Waals surface area (Å²) in [5.41, 5.74) is 0. The van der Waals surface area contributed by atoms with E-state index in [1.165, 1.54) is 32.1 Å². The zero-order valence-electron chi connectivity index (χ0n) is 9.88. The summed E-state index contributed by atoms with van der Waals surface area (Å²) in [6.45, 7) is 5.40. The first-order valence-electron chi connectivity index (χ1n) is 6.00. The van der Waals surface area contributed by atoms with Crippen LogP contribution in [0.15, 0.2) is 0 Å². The Bertz CT molecular complexity index is 147. The molecule has 0 radical (unpaired) electrons. The SMILES string of the molecule is CNCOC1CCCC(C(C)C)CC1. The molecule has 0 heterocycles. The van der Waals surface area contributed by atoms with E-state index >= 15 is 0 Å². The quantitative estimate of drug-likeness (QED) is 0.555. The van der Waals surface area contributed by atoms with E-state index in [0.717, 1.165) is 11.8 Å². The van der Waals surface area contributed by atoms with Crippen LogP contribution in [0.5, 0.6) is 0 Å². The van der Waals surface area contributed by atoms with Gasteiger partial charge in [0.1, 0.15) is 0 Å². The molecule has 0 amide bonds. The molecule has 2 atom stereocenters. The van der Waals surface area contributed by atoms with Crippen LogP contribution < -0.4 is 5.32 Å². The van der Waals surface area contributed by atoms with Crippen molar-refractivity contribution in [3.05, 3.63) is 0 Å². The van der Waals surface area contributed by atoms with Crippen LogP contribution in [0.25, 0.3) is 0 Å². The largest absolute Gasteiger partial charge is 0.363 e. The maximum absolute atomic E-state index is 5.73. The fourth-order valence-corrected chi connectivity index (χ4v) is 2.33. The maximum atomic E-state index is 5.73. The summed E-state index contributed by atoms with van der Waals surface area (Å²) in [6.07, 6.45) is 7.11. The molecule has 1 aliphatic rings. The third kappa shape index (κ3) is 3.97. The van der Waals surface area contributed by atoms with Gasteiger partial charge in [0, 0.05) is 0 Å². The lowest BCUT2D eigenvalue weighted by molar-refractivity contribution is 0.0335. The molecular formula is C12H25NO. The summed E-state index contributed by atoms with van der Waals surface area (Å²) in [6, 6.07) is 0. The Balaban J connectivity index is 2.26. The molecule has 0 spiro atoms.